The lowest BCUT2D eigenvalue weighted by atomic mass is 10.1. The third-order valence-electron chi connectivity index (χ3n) is 2.16. The summed E-state index contributed by atoms with van der Waals surface area (Å²) < 4.78 is 52.8. The van der Waals surface area contributed by atoms with Gasteiger partial charge in [-0.3, -0.25) is 0 Å². The van der Waals surface area contributed by atoms with E-state index in [1.807, 2.05) is 0 Å². The lowest BCUT2D eigenvalue weighted by molar-refractivity contribution is -0.274. The largest absolute Gasteiger partial charge is 0.573 e. The van der Waals surface area contributed by atoms with Crippen LogP contribution in [-0.4, -0.2) is 6.36 Å². The standard InChI is InChI=1S/C9H7F4NO/c10-7-1-2-8(15-9(11,12)13)6-4-14-3-5(6)7/h1-2,14H,3-4H2. The van der Waals surface area contributed by atoms with Crippen LogP contribution in [0.15, 0.2) is 12.1 Å². The van der Waals surface area contributed by atoms with Gasteiger partial charge in [-0.25, -0.2) is 4.39 Å². The van der Waals surface area contributed by atoms with Gasteiger partial charge in [0.25, 0.3) is 0 Å². The van der Waals surface area contributed by atoms with Crippen molar-refractivity contribution in [2.45, 2.75) is 19.5 Å². The van der Waals surface area contributed by atoms with Crippen LogP contribution in [0, 0.1) is 5.82 Å². The van der Waals surface area contributed by atoms with Crippen molar-refractivity contribution in [3.63, 3.8) is 0 Å². The van der Waals surface area contributed by atoms with E-state index in [9.17, 15) is 17.6 Å². The topological polar surface area (TPSA) is 21.3 Å². The summed E-state index contributed by atoms with van der Waals surface area (Å²) in [7, 11) is 0. The Labute approximate surface area is 82.8 Å². The molecule has 1 N–H and O–H groups in total. The molecule has 2 nitrogen and oxygen atoms in total. The van der Waals surface area contributed by atoms with E-state index < -0.39 is 12.2 Å². The van der Waals surface area contributed by atoms with Crippen LogP contribution >= 0.6 is 0 Å². The van der Waals surface area contributed by atoms with Crippen LogP contribution in [0.3, 0.4) is 0 Å². The number of benzene rings is 1. The zero-order chi connectivity index (χ0) is 11.1. The average Bonchev–Trinajstić information content (AvgIpc) is 2.57. The van der Waals surface area contributed by atoms with Crippen LogP contribution in [0.2, 0.25) is 0 Å². The van der Waals surface area contributed by atoms with Gasteiger partial charge in [0.1, 0.15) is 11.6 Å². The first-order valence-electron chi connectivity index (χ1n) is 4.24. The Hall–Kier alpha value is -1.30. The fourth-order valence-electron chi connectivity index (χ4n) is 1.56. The van der Waals surface area contributed by atoms with Crippen molar-refractivity contribution in [2.24, 2.45) is 0 Å². The molecule has 15 heavy (non-hydrogen) atoms. The molecule has 0 spiro atoms. The highest BCUT2D eigenvalue weighted by Gasteiger charge is 2.33. The van der Waals surface area contributed by atoms with Crippen LogP contribution in [0.5, 0.6) is 5.75 Å². The Morgan fingerprint density at radius 2 is 1.80 bits per heavy atom. The Kier molecular flexibility index (Phi) is 2.30. The van der Waals surface area contributed by atoms with Gasteiger partial charge < -0.3 is 10.1 Å². The smallest absolute Gasteiger partial charge is 0.405 e. The molecule has 0 aromatic heterocycles. The average molecular weight is 221 g/mol. The van der Waals surface area contributed by atoms with Gasteiger partial charge in [0.15, 0.2) is 0 Å². The van der Waals surface area contributed by atoms with Gasteiger partial charge in [-0.15, -0.1) is 13.2 Å². The number of ether oxygens (including phenoxy) is 1. The number of hydrogen-bond acceptors (Lipinski definition) is 2. The molecular weight excluding hydrogens is 214 g/mol. The lowest BCUT2D eigenvalue weighted by Gasteiger charge is -2.12. The van der Waals surface area contributed by atoms with E-state index in [0.29, 0.717) is 0 Å². The summed E-state index contributed by atoms with van der Waals surface area (Å²) >= 11 is 0. The van der Waals surface area contributed by atoms with Gasteiger partial charge >= 0.3 is 6.36 Å². The monoisotopic (exact) mass is 221 g/mol. The molecule has 82 valence electrons. The zero-order valence-electron chi connectivity index (χ0n) is 7.49. The number of nitrogens with one attached hydrogen (secondary N) is 1. The molecule has 1 heterocycles. The second-order valence-electron chi connectivity index (χ2n) is 3.15. The highest BCUT2D eigenvalue weighted by molar-refractivity contribution is 5.43. The molecule has 0 bridgehead atoms. The lowest BCUT2D eigenvalue weighted by Crippen LogP contribution is -2.18. The maximum Gasteiger partial charge on any atom is 0.573 e. The summed E-state index contributed by atoms with van der Waals surface area (Å²) in [5.41, 5.74) is 0.490. The van der Waals surface area contributed by atoms with E-state index in [4.69, 9.17) is 0 Å². The van der Waals surface area contributed by atoms with Gasteiger partial charge in [0.2, 0.25) is 0 Å². The van der Waals surface area contributed by atoms with E-state index in [-0.39, 0.29) is 30.0 Å². The summed E-state index contributed by atoms with van der Waals surface area (Å²) in [6, 6.07) is 1.97. The number of rotatable bonds is 1. The molecule has 0 amide bonds. The van der Waals surface area contributed by atoms with Crippen LogP contribution in [-0.2, 0) is 13.1 Å². The fourth-order valence-corrected chi connectivity index (χ4v) is 1.56. The maximum absolute atomic E-state index is 13.1. The van der Waals surface area contributed by atoms with Crippen molar-refractivity contribution in [3.8, 4) is 5.75 Å². The first kappa shape index (κ1) is 10.2. The van der Waals surface area contributed by atoms with Crippen molar-refractivity contribution in [1.82, 2.24) is 5.32 Å². The van der Waals surface area contributed by atoms with Crippen LogP contribution in [0.4, 0.5) is 17.6 Å². The van der Waals surface area contributed by atoms with Crippen molar-refractivity contribution < 1.29 is 22.3 Å². The molecule has 0 saturated heterocycles. The molecule has 0 radical (unpaired) electrons. The Morgan fingerprint density at radius 3 is 2.47 bits per heavy atom. The SMILES string of the molecule is Fc1ccc(OC(F)(F)F)c2c1CNC2. The quantitative estimate of drug-likeness (QED) is 0.735. The molecule has 0 atom stereocenters. The number of fused-ring (bicyclic) bond motifs is 1. The highest BCUT2D eigenvalue weighted by Crippen LogP contribution is 2.32. The Bertz CT molecular complexity index is 388. The molecule has 0 aliphatic carbocycles. The van der Waals surface area contributed by atoms with Gasteiger partial charge in [-0.2, -0.15) is 0 Å². The number of halogens is 4. The Morgan fingerprint density at radius 1 is 1.13 bits per heavy atom. The predicted molar refractivity (Wildman–Crippen MR) is 43.6 cm³/mol. The van der Waals surface area contributed by atoms with E-state index in [2.05, 4.69) is 10.1 Å². The molecule has 0 unspecified atom stereocenters. The van der Waals surface area contributed by atoms with E-state index >= 15 is 0 Å². The summed E-state index contributed by atoms with van der Waals surface area (Å²) in [6.45, 7) is 0.425. The minimum absolute atomic E-state index is 0.193. The summed E-state index contributed by atoms with van der Waals surface area (Å²) in [5, 5.41) is 2.77. The molecule has 1 aromatic rings. The minimum Gasteiger partial charge on any atom is -0.405 e. The van der Waals surface area contributed by atoms with Crippen molar-refractivity contribution in [2.75, 3.05) is 0 Å². The first-order valence-corrected chi connectivity index (χ1v) is 4.24. The van der Waals surface area contributed by atoms with Crippen molar-refractivity contribution in [3.05, 3.63) is 29.1 Å². The molecule has 6 heteroatoms. The second-order valence-corrected chi connectivity index (χ2v) is 3.15. The molecule has 1 aliphatic rings. The molecule has 2 rings (SSSR count). The van der Waals surface area contributed by atoms with Crippen LogP contribution in [0.1, 0.15) is 11.1 Å². The third kappa shape index (κ3) is 2.04. The van der Waals surface area contributed by atoms with Crippen LogP contribution in [0.25, 0.3) is 0 Å². The molecule has 0 fully saturated rings. The van der Waals surface area contributed by atoms with Gasteiger partial charge in [0.05, 0.1) is 0 Å². The predicted octanol–water partition coefficient (Wildman–Crippen LogP) is 2.33. The second kappa shape index (κ2) is 3.37. The summed E-state index contributed by atoms with van der Waals surface area (Å²) in [5.74, 6) is -0.839. The van der Waals surface area contributed by atoms with Gasteiger partial charge in [-0.1, -0.05) is 0 Å². The third-order valence-corrected chi connectivity index (χ3v) is 2.16. The number of alkyl halides is 3. The first-order chi connectivity index (χ1) is 6.97. The van der Waals surface area contributed by atoms with Gasteiger partial charge in [0, 0.05) is 24.2 Å². The van der Waals surface area contributed by atoms with Crippen molar-refractivity contribution in [1.29, 1.82) is 0 Å². The molecule has 1 aromatic carbocycles. The molecular formula is C9H7F4NO. The minimum atomic E-state index is -4.74. The fraction of sp³-hybridized carbons (Fsp3) is 0.333. The van der Waals surface area contributed by atoms with Crippen molar-refractivity contribution >= 4 is 0 Å². The summed E-state index contributed by atoms with van der Waals surface area (Å²) in [4.78, 5) is 0. The van der Waals surface area contributed by atoms with Crippen LogP contribution < -0.4 is 10.1 Å². The maximum atomic E-state index is 13.1. The van der Waals surface area contributed by atoms with E-state index in [1.54, 1.807) is 0 Å². The molecule has 0 saturated carbocycles. The van der Waals surface area contributed by atoms with Gasteiger partial charge in [-0.05, 0) is 12.1 Å². The Balaban J connectivity index is 2.38. The normalized spacial score (nSPS) is 15.2. The van der Waals surface area contributed by atoms with E-state index in [1.165, 1.54) is 0 Å². The highest BCUT2D eigenvalue weighted by atomic mass is 19.4. The number of hydrogen-bond donors (Lipinski definition) is 1. The summed E-state index contributed by atoms with van der Waals surface area (Å²) in [6.07, 6.45) is -4.74. The van der Waals surface area contributed by atoms with E-state index in [0.717, 1.165) is 12.1 Å². The zero-order valence-corrected chi connectivity index (χ0v) is 7.49. The molecule has 1 aliphatic heterocycles.